The van der Waals surface area contributed by atoms with E-state index in [0.717, 1.165) is 19.5 Å². The van der Waals surface area contributed by atoms with Gasteiger partial charge in [-0.2, -0.15) is 0 Å². The van der Waals surface area contributed by atoms with Crippen LogP contribution in [0.15, 0.2) is 30.3 Å². The summed E-state index contributed by atoms with van der Waals surface area (Å²) < 4.78 is 0. The summed E-state index contributed by atoms with van der Waals surface area (Å²) in [6, 6.07) is 10.3. The molecule has 0 spiro atoms. The molecule has 3 atom stereocenters. The van der Waals surface area contributed by atoms with Crippen molar-refractivity contribution in [2.45, 2.75) is 45.2 Å². The van der Waals surface area contributed by atoms with Crippen molar-refractivity contribution >= 4 is 18.3 Å². The minimum absolute atomic E-state index is 0. The lowest BCUT2D eigenvalue weighted by atomic mass is 9.99. The summed E-state index contributed by atoms with van der Waals surface area (Å²) in [5, 5.41) is 3.07. The average molecular weight is 340 g/mol. The van der Waals surface area contributed by atoms with Gasteiger partial charge in [-0.25, -0.2) is 0 Å². The molecule has 1 fully saturated rings. The third-order valence-corrected chi connectivity index (χ3v) is 4.80. The van der Waals surface area contributed by atoms with Crippen molar-refractivity contribution in [3.05, 3.63) is 35.9 Å². The molecule has 1 aromatic rings. The van der Waals surface area contributed by atoms with E-state index < -0.39 is 6.04 Å². The molecule has 0 aliphatic carbocycles. The van der Waals surface area contributed by atoms with E-state index >= 15 is 0 Å². The molecule has 1 aliphatic heterocycles. The lowest BCUT2D eigenvalue weighted by molar-refractivity contribution is -0.123. The van der Waals surface area contributed by atoms with E-state index in [9.17, 15) is 4.79 Å². The summed E-state index contributed by atoms with van der Waals surface area (Å²) in [6.45, 7) is 6.93. The van der Waals surface area contributed by atoms with E-state index in [1.165, 1.54) is 18.4 Å². The summed E-state index contributed by atoms with van der Waals surface area (Å²) >= 11 is 0. The molecule has 23 heavy (non-hydrogen) atoms. The van der Waals surface area contributed by atoms with Crippen LogP contribution in [0.3, 0.4) is 0 Å². The van der Waals surface area contributed by atoms with Crippen LogP contribution in [0.25, 0.3) is 0 Å². The van der Waals surface area contributed by atoms with E-state index in [0.29, 0.717) is 6.54 Å². The van der Waals surface area contributed by atoms with E-state index in [4.69, 9.17) is 5.73 Å². The summed E-state index contributed by atoms with van der Waals surface area (Å²) in [6.07, 6.45) is 3.40. The molecule has 5 heteroatoms. The Bertz CT molecular complexity index is 463. The molecule has 130 valence electrons. The maximum atomic E-state index is 12.2. The molecule has 3 N–H and O–H groups in total. The number of carbonyl (C=O) groups excluding carboxylic acids is 1. The van der Waals surface area contributed by atoms with Crippen molar-refractivity contribution in [1.29, 1.82) is 0 Å². The SMILES string of the molecule is CCC(C)C(N)C(=O)NCC(c1ccccc1)N1CCCC1.Cl. The van der Waals surface area contributed by atoms with Gasteiger partial charge in [0.15, 0.2) is 0 Å². The minimum atomic E-state index is -0.417. The minimum Gasteiger partial charge on any atom is -0.353 e. The Labute approximate surface area is 146 Å². The number of benzene rings is 1. The van der Waals surface area contributed by atoms with Crippen molar-refractivity contribution < 1.29 is 4.79 Å². The lowest BCUT2D eigenvalue weighted by Gasteiger charge is -2.29. The molecule has 4 nitrogen and oxygen atoms in total. The van der Waals surface area contributed by atoms with E-state index in [2.05, 4.69) is 41.4 Å². The molecule has 0 radical (unpaired) electrons. The van der Waals surface area contributed by atoms with Gasteiger partial charge in [0.1, 0.15) is 0 Å². The van der Waals surface area contributed by atoms with E-state index in [1.807, 2.05) is 13.0 Å². The largest absolute Gasteiger partial charge is 0.353 e. The normalized spacial score (nSPS) is 18.7. The third-order valence-electron chi connectivity index (χ3n) is 4.80. The van der Waals surface area contributed by atoms with Gasteiger partial charge in [-0.3, -0.25) is 9.69 Å². The first-order valence-electron chi connectivity index (χ1n) is 8.45. The van der Waals surface area contributed by atoms with Gasteiger partial charge in [0.2, 0.25) is 5.91 Å². The van der Waals surface area contributed by atoms with Gasteiger partial charge in [0, 0.05) is 6.54 Å². The van der Waals surface area contributed by atoms with Crippen LogP contribution in [-0.4, -0.2) is 36.5 Å². The summed E-state index contributed by atoms with van der Waals surface area (Å²) in [5.41, 5.74) is 7.29. The number of carbonyl (C=O) groups is 1. The smallest absolute Gasteiger partial charge is 0.237 e. The van der Waals surface area contributed by atoms with Crippen molar-refractivity contribution in [2.24, 2.45) is 11.7 Å². The number of halogens is 1. The van der Waals surface area contributed by atoms with Gasteiger partial charge >= 0.3 is 0 Å². The number of hydrogen-bond acceptors (Lipinski definition) is 3. The highest BCUT2D eigenvalue weighted by Crippen LogP contribution is 2.24. The standard InChI is InChI=1S/C18H29N3O.ClH/c1-3-14(2)17(19)18(22)20-13-16(21-11-7-8-12-21)15-9-5-4-6-10-15;/h4-6,9-10,14,16-17H,3,7-8,11-13,19H2,1-2H3,(H,20,22);1H. The number of amides is 1. The number of likely N-dealkylation sites (tertiary alicyclic amines) is 1. The molecule has 0 saturated carbocycles. The Morgan fingerprint density at radius 3 is 2.43 bits per heavy atom. The van der Waals surface area contributed by atoms with E-state index in [-0.39, 0.29) is 30.3 Å². The number of nitrogens with one attached hydrogen (secondary N) is 1. The predicted octanol–water partition coefficient (Wildman–Crippen LogP) is 2.73. The van der Waals surface area contributed by atoms with Crippen molar-refractivity contribution in [1.82, 2.24) is 10.2 Å². The zero-order valence-electron chi connectivity index (χ0n) is 14.2. The molecule has 0 bridgehead atoms. The number of nitrogens with zero attached hydrogens (tertiary/aromatic N) is 1. The molecule has 2 rings (SSSR count). The lowest BCUT2D eigenvalue weighted by Crippen LogP contribution is -2.47. The zero-order valence-corrected chi connectivity index (χ0v) is 15.0. The predicted molar refractivity (Wildman–Crippen MR) is 97.7 cm³/mol. The van der Waals surface area contributed by atoms with Crippen LogP contribution < -0.4 is 11.1 Å². The number of nitrogens with two attached hydrogens (primary N) is 1. The van der Waals surface area contributed by atoms with Crippen molar-refractivity contribution in [3.8, 4) is 0 Å². The van der Waals surface area contributed by atoms with Crippen LogP contribution in [0.4, 0.5) is 0 Å². The maximum absolute atomic E-state index is 12.2. The molecule has 1 aliphatic rings. The highest BCUT2D eigenvalue weighted by Gasteiger charge is 2.25. The van der Waals surface area contributed by atoms with Crippen molar-refractivity contribution in [3.63, 3.8) is 0 Å². The second kappa shape index (κ2) is 9.91. The van der Waals surface area contributed by atoms with Crippen LogP contribution in [0, 0.1) is 5.92 Å². The zero-order chi connectivity index (χ0) is 15.9. The van der Waals surface area contributed by atoms with Gasteiger partial charge in [0.25, 0.3) is 0 Å². The second-order valence-electron chi connectivity index (χ2n) is 6.33. The summed E-state index contributed by atoms with van der Waals surface area (Å²) in [7, 11) is 0. The third kappa shape index (κ3) is 5.48. The highest BCUT2D eigenvalue weighted by molar-refractivity contribution is 5.85. The van der Waals surface area contributed by atoms with Gasteiger partial charge in [0.05, 0.1) is 12.1 Å². The topological polar surface area (TPSA) is 58.4 Å². The van der Waals surface area contributed by atoms with Gasteiger partial charge in [-0.05, 0) is 37.4 Å². The Kier molecular flexibility index (Phi) is 8.59. The van der Waals surface area contributed by atoms with Gasteiger partial charge < -0.3 is 11.1 Å². The molecule has 1 amide bonds. The number of rotatable bonds is 7. The quantitative estimate of drug-likeness (QED) is 0.803. The van der Waals surface area contributed by atoms with E-state index in [1.54, 1.807) is 0 Å². The molecule has 1 heterocycles. The van der Waals surface area contributed by atoms with Gasteiger partial charge in [-0.15, -0.1) is 12.4 Å². The fourth-order valence-corrected chi connectivity index (χ4v) is 3.01. The van der Waals surface area contributed by atoms with Crippen LogP contribution in [-0.2, 0) is 4.79 Å². The van der Waals surface area contributed by atoms with Gasteiger partial charge in [-0.1, -0.05) is 50.6 Å². The molecular weight excluding hydrogens is 310 g/mol. The highest BCUT2D eigenvalue weighted by atomic mass is 35.5. The first kappa shape index (κ1) is 19.9. The maximum Gasteiger partial charge on any atom is 0.237 e. The fourth-order valence-electron chi connectivity index (χ4n) is 3.01. The van der Waals surface area contributed by atoms with Crippen LogP contribution in [0.5, 0.6) is 0 Å². The van der Waals surface area contributed by atoms with Crippen LogP contribution in [0.2, 0.25) is 0 Å². The first-order chi connectivity index (χ1) is 10.6. The molecule has 1 saturated heterocycles. The van der Waals surface area contributed by atoms with Crippen LogP contribution in [0.1, 0.15) is 44.7 Å². The molecular formula is C18H30ClN3O. The summed E-state index contributed by atoms with van der Waals surface area (Å²) in [4.78, 5) is 14.7. The fraction of sp³-hybridized carbons (Fsp3) is 0.611. The Morgan fingerprint density at radius 2 is 1.87 bits per heavy atom. The monoisotopic (exact) mass is 339 g/mol. The molecule has 0 aromatic heterocycles. The molecule has 1 aromatic carbocycles. The summed E-state index contributed by atoms with van der Waals surface area (Å²) in [5.74, 6) is 0.177. The van der Waals surface area contributed by atoms with Crippen molar-refractivity contribution in [2.75, 3.05) is 19.6 Å². The average Bonchev–Trinajstić information content (AvgIpc) is 3.08. The first-order valence-corrected chi connectivity index (χ1v) is 8.45. The molecule has 3 unspecified atom stereocenters. The Balaban J connectivity index is 0.00000264. The second-order valence-corrected chi connectivity index (χ2v) is 6.33. The number of hydrogen-bond donors (Lipinski definition) is 2. The Morgan fingerprint density at radius 1 is 1.26 bits per heavy atom. The van der Waals surface area contributed by atoms with Crippen LogP contribution >= 0.6 is 12.4 Å². The Hall–Kier alpha value is -1.10.